The molecule has 3 aliphatic heterocycles. The minimum Gasteiger partial charge on any atom is -0.478 e. The number of amides is 1. The second-order valence-corrected chi connectivity index (χ2v) is 29.9. The zero-order valence-corrected chi connectivity index (χ0v) is 61.9. The summed E-state index contributed by atoms with van der Waals surface area (Å²) in [6.45, 7) is 41.7. The number of alkyl halides is 2. The molecule has 3 atom stereocenters. The minimum atomic E-state index is -2.78. The maximum absolute atomic E-state index is 12.8. The highest BCUT2D eigenvalue weighted by molar-refractivity contribution is 7.99. The average Bonchev–Trinajstić information content (AvgIpc) is 0.855. The fourth-order valence-corrected chi connectivity index (χ4v) is 12.0. The molecule has 1 aliphatic carbocycles. The molecule has 4 aromatic carbocycles. The molecule has 4 fully saturated rings. The van der Waals surface area contributed by atoms with Crippen LogP contribution in [0.5, 0.6) is 11.6 Å². The number of nitrogens with one attached hydrogen (secondary N) is 1. The Kier molecular flexibility index (Phi) is 34.7. The summed E-state index contributed by atoms with van der Waals surface area (Å²) in [5, 5.41) is 2.62. The van der Waals surface area contributed by atoms with E-state index in [0.29, 0.717) is 89.9 Å². The van der Waals surface area contributed by atoms with E-state index in [0.717, 1.165) is 80.2 Å². The molecule has 1 amide bonds. The van der Waals surface area contributed by atoms with Crippen molar-refractivity contribution in [3.8, 4) is 11.6 Å². The second-order valence-electron chi connectivity index (χ2n) is 27.4. The van der Waals surface area contributed by atoms with E-state index in [9.17, 15) is 22.6 Å². The number of pyridine rings is 2. The van der Waals surface area contributed by atoms with E-state index >= 15 is 0 Å². The maximum Gasteiger partial charge on any atom is 0.387 e. The molecule has 0 spiro atoms. The smallest absolute Gasteiger partial charge is 0.387 e. The van der Waals surface area contributed by atoms with Gasteiger partial charge in [-0.25, -0.2) is 14.8 Å². The Labute approximate surface area is 583 Å². The summed E-state index contributed by atoms with van der Waals surface area (Å²) in [7, 11) is -2.05. The van der Waals surface area contributed by atoms with Crippen LogP contribution in [0, 0.1) is 0 Å². The number of ether oxygens (including phenoxy) is 4. The van der Waals surface area contributed by atoms with Crippen LogP contribution in [0.4, 0.5) is 26.0 Å². The normalized spacial score (nSPS) is 17.1. The summed E-state index contributed by atoms with van der Waals surface area (Å²) < 4.78 is 57.4. The quantitative estimate of drug-likeness (QED) is 0.0646. The fraction of sp³-hybridized carbons (Fsp3) is 0.537. The highest BCUT2D eigenvalue weighted by Crippen LogP contribution is 2.35. The number of aromatic nitrogens is 2. The Morgan fingerprint density at radius 1 is 0.639 bits per heavy atom. The van der Waals surface area contributed by atoms with E-state index in [1.165, 1.54) is 54.1 Å². The Balaban J connectivity index is 0.000000252. The Morgan fingerprint density at radius 3 is 1.61 bits per heavy atom. The van der Waals surface area contributed by atoms with E-state index in [1.54, 1.807) is 24.6 Å². The first kappa shape index (κ1) is 82.5. The first-order valence-corrected chi connectivity index (χ1v) is 36.9. The first-order chi connectivity index (χ1) is 45.5. The van der Waals surface area contributed by atoms with Crippen molar-refractivity contribution in [3.05, 3.63) is 167 Å². The van der Waals surface area contributed by atoms with Crippen LogP contribution in [0.2, 0.25) is 0 Å². The highest BCUT2D eigenvalue weighted by atomic mass is 32.2. The van der Waals surface area contributed by atoms with E-state index in [4.69, 9.17) is 18.9 Å². The van der Waals surface area contributed by atoms with Crippen LogP contribution in [0.3, 0.4) is 0 Å². The number of esters is 1. The maximum atomic E-state index is 12.8. The fourth-order valence-electron chi connectivity index (χ4n) is 11.3. The topological polar surface area (TPSA) is 139 Å². The predicted molar refractivity (Wildman–Crippen MR) is 402 cm³/mol. The molecule has 97 heavy (non-hydrogen) atoms. The molecule has 1 N–H and O–H groups in total. The Hall–Kier alpha value is -6.92. The molecule has 17 heteroatoms. The minimum absolute atomic E-state index is 0. The molecule has 0 radical (unpaired) electrons. The molecule has 1 saturated carbocycles. The first-order valence-electron chi connectivity index (χ1n) is 34.8. The van der Waals surface area contributed by atoms with Crippen LogP contribution >= 0.6 is 0 Å². The molecule has 1 unspecified atom stereocenters. The molecule has 14 nitrogen and oxygen atoms in total. The third kappa shape index (κ3) is 27.0. The summed E-state index contributed by atoms with van der Waals surface area (Å²) in [5.74, 6) is 7.79. The van der Waals surface area contributed by atoms with Crippen molar-refractivity contribution in [3.63, 3.8) is 0 Å². The number of hydrogen-bond donors (Lipinski definition) is 1. The molecule has 0 bridgehead atoms. The van der Waals surface area contributed by atoms with Gasteiger partial charge in [0, 0.05) is 99.6 Å². The lowest BCUT2D eigenvalue weighted by molar-refractivity contribution is -0.114. The van der Waals surface area contributed by atoms with E-state index < -0.39 is 16.1 Å². The third-order valence-electron chi connectivity index (χ3n) is 17.7. The molecular weight excluding hydrogens is 1240 g/mol. The zero-order valence-electron chi connectivity index (χ0n) is 61.1. The summed E-state index contributed by atoms with van der Waals surface area (Å²) in [5.41, 5.74) is 10.1. The van der Waals surface area contributed by atoms with Crippen molar-refractivity contribution in [2.45, 2.75) is 216 Å². The number of nitrogens with zero attached hydrogens (tertiary/aromatic N) is 6. The van der Waals surface area contributed by atoms with E-state index in [1.807, 2.05) is 92.8 Å². The van der Waals surface area contributed by atoms with E-state index in [-0.39, 0.29) is 19.3 Å². The molecule has 3 saturated heterocycles. The molecule has 10 rings (SSSR count). The number of rotatable bonds is 18. The van der Waals surface area contributed by atoms with Gasteiger partial charge in [0.1, 0.15) is 11.6 Å². The van der Waals surface area contributed by atoms with Crippen LogP contribution in [0.1, 0.15) is 224 Å². The van der Waals surface area contributed by atoms with Crippen LogP contribution in [0.15, 0.2) is 133 Å². The molecule has 6 aromatic rings. The number of carbonyl (C=O) groups excluding carboxylic acids is 2. The number of halogens is 2. The van der Waals surface area contributed by atoms with Gasteiger partial charge >= 0.3 is 12.6 Å². The molecule has 536 valence electrons. The van der Waals surface area contributed by atoms with Gasteiger partial charge in [-0.2, -0.15) is 8.78 Å². The van der Waals surface area contributed by atoms with Crippen LogP contribution < -0.4 is 24.6 Å². The van der Waals surface area contributed by atoms with Crippen molar-refractivity contribution in [2.75, 3.05) is 87.1 Å². The van der Waals surface area contributed by atoms with Gasteiger partial charge in [0.2, 0.25) is 11.8 Å². The lowest BCUT2D eigenvalue weighted by Gasteiger charge is -2.50. The number of anilines is 3. The van der Waals surface area contributed by atoms with E-state index in [2.05, 4.69) is 168 Å². The number of benzene rings is 4. The van der Waals surface area contributed by atoms with Crippen LogP contribution in [-0.4, -0.2) is 144 Å². The van der Waals surface area contributed by atoms with Crippen molar-refractivity contribution in [1.29, 1.82) is 0 Å². The van der Waals surface area contributed by atoms with Gasteiger partial charge in [-0.15, -0.1) is 0 Å². The molecular formula is C80H119F2N7O7S. The van der Waals surface area contributed by atoms with Gasteiger partial charge in [0.15, 0.2) is 0 Å². The van der Waals surface area contributed by atoms with Gasteiger partial charge in [0.05, 0.1) is 43.7 Å². The van der Waals surface area contributed by atoms with Gasteiger partial charge in [-0.3, -0.25) is 18.8 Å². The van der Waals surface area contributed by atoms with Crippen LogP contribution in [0.25, 0.3) is 0 Å². The number of hydrogen-bond acceptors (Lipinski definition) is 13. The standard InChI is InChI=1S/C18H26F2N2O.C18H28N2O.C12H16O2.C11H16OS.C10H14N2O.C10H15NO.CH4/c1-13(2)14-6-7-16(17(12-14)23-18(19)20)22-10-8-21(9-11-22)15-4-3-5-15;1-13(2)16-5-7-17(8-6-16)19-9-15(4)20(10-14(19)3)18-11-21-12-18;1-4-14-12(13)11-7-5-6-10(8-11)9(2)3;1-9(2)10-5-7-11(8-6-10)13(3,4)12;1-7(2)9-4-5-10(11-6-9)12-8(3)13;1-4-12-10-6-5-9(7-11-10)8(2)3;/h6-7,12-13,15,18H,3-5,8-11H2,1-2H3;5-8,13-15,18H,9-12H2,1-4H3;5-9H,4H2,1-3H3;5-9H,3H2,1-2,4H3;4-7H,1-3H3,(H,11,12,13);5-8H,4H2,1-3H3;1H4/t;14-,15+;;;;;/m.0...../s1. The summed E-state index contributed by atoms with van der Waals surface area (Å²) in [6.07, 6.45) is 9.28. The Bertz CT molecular complexity index is 3350. The Morgan fingerprint density at radius 2 is 1.16 bits per heavy atom. The molecule has 2 aromatic heterocycles. The van der Waals surface area contributed by atoms with Crippen molar-refractivity contribution < 1.29 is 41.5 Å². The summed E-state index contributed by atoms with van der Waals surface area (Å²) in [6, 6.07) is 40.6. The highest BCUT2D eigenvalue weighted by Gasteiger charge is 2.36. The predicted octanol–water partition coefficient (Wildman–Crippen LogP) is 18.1. The van der Waals surface area contributed by atoms with Crippen molar-refractivity contribution in [2.24, 2.45) is 0 Å². The van der Waals surface area contributed by atoms with Crippen molar-refractivity contribution in [1.82, 2.24) is 19.8 Å². The molecule has 5 heterocycles. The number of piperazine rings is 2. The van der Waals surface area contributed by atoms with Crippen molar-refractivity contribution >= 4 is 44.5 Å². The van der Waals surface area contributed by atoms with Gasteiger partial charge < -0.3 is 34.1 Å². The third-order valence-corrected chi connectivity index (χ3v) is 19.0. The van der Waals surface area contributed by atoms with Crippen LogP contribution in [-0.2, 0) is 23.8 Å². The molecule has 4 aliphatic rings. The van der Waals surface area contributed by atoms with Gasteiger partial charge in [-0.1, -0.05) is 152 Å². The lowest BCUT2D eigenvalue weighted by Crippen LogP contribution is -2.63. The largest absolute Gasteiger partial charge is 0.478 e. The summed E-state index contributed by atoms with van der Waals surface area (Å²) in [4.78, 5) is 41.1. The van der Waals surface area contributed by atoms with Gasteiger partial charge in [0.25, 0.3) is 0 Å². The summed E-state index contributed by atoms with van der Waals surface area (Å²) >= 11 is 0. The lowest BCUT2D eigenvalue weighted by atomic mass is 9.91. The van der Waals surface area contributed by atoms with Gasteiger partial charge in [-0.05, 0) is 179 Å². The monoisotopic (exact) mass is 1360 g/mol. The number of carbonyl (C=O) groups is 2. The second kappa shape index (κ2) is 40.8. The SMILES string of the molecule is C.C=S(C)(=O)c1ccc(C(C)C)cc1.CC(=O)Nc1ccc(C(C)C)cn1.CC(C)c1ccc(N2CCN(C3CCC3)CC2)c(OC(F)F)c1.CC(C)c1ccc(N2C[C@@H](C)N(C3COC3)C[C@@H]2C)cc1.CCOC(=O)c1cccc(C(C)C)c1.CCOc1ccc(C(C)C)cn1. The zero-order chi connectivity index (χ0) is 70.8. The average molecular weight is 1360 g/mol.